The van der Waals surface area contributed by atoms with Gasteiger partial charge in [-0.15, -0.1) is 0 Å². The van der Waals surface area contributed by atoms with Crippen molar-refractivity contribution in [3.63, 3.8) is 0 Å². The highest BCUT2D eigenvalue weighted by molar-refractivity contribution is 5.71. The quantitative estimate of drug-likeness (QED) is 0.425. The van der Waals surface area contributed by atoms with Gasteiger partial charge in [-0.25, -0.2) is 0 Å². The summed E-state index contributed by atoms with van der Waals surface area (Å²) in [4.78, 5) is 27.8. The number of hydrogen-bond donors (Lipinski definition) is 2. The average molecular weight is 504 g/mol. The molecule has 1 aromatic carbocycles. The van der Waals surface area contributed by atoms with Crippen LogP contribution in [0.4, 0.5) is 0 Å². The van der Waals surface area contributed by atoms with Crippen LogP contribution in [0, 0.1) is 11.8 Å². The van der Waals surface area contributed by atoms with E-state index in [9.17, 15) is 9.59 Å². The number of nitrogens with zero attached hydrogens (tertiary/aromatic N) is 1. The van der Waals surface area contributed by atoms with Gasteiger partial charge in [-0.2, -0.15) is 0 Å². The molecule has 3 rings (SSSR count). The van der Waals surface area contributed by atoms with Gasteiger partial charge in [0.25, 0.3) is 0 Å². The summed E-state index contributed by atoms with van der Waals surface area (Å²) < 4.78 is 11.9. The Morgan fingerprint density at radius 1 is 0.778 bits per heavy atom. The monoisotopic (exact) mass is 503 g/mol. The predicted molar refractivity (Wildman–Crippen MR) is 140 cm³/mol. The fourth-order valence-electron chi connectivity index (χ4n) is 5.71. The number of hydrogen-bond acceptors (Lipinski definition) is 5. The van der Waals surface area contributed by atoms with Crippen molar-refractivity contribution in [1.82, 2.24) is 4.90 Å². The van der Waals surface area contributed by atoms with Gasteiger partial charge < -0.3 is 20.1 Å². The highest BCUT2D eigenvalue weighted by atomic mass is 16.6. The normalized spacial score (nSPS) is 18.2. The minimum Gasteiger partial charge on any atom is -0.459 e. The first-order valence-corrected chi connectivity index (χ1v) is 14.0. The molecule has 1 aromatic rings. The highest BCUT2D eigenvalue weighted by Gasteiger charge is 2.36. The summed E-state index contributed by atoms with van der Waals surface area (Å²) in [6, 6.07) is 10.2. The minimum absolute atomic E-state index is 0.162. The van der Waals surface area contributed by atoms with Gasteiger partial charge in [-0.1, -0.05) is 30.3 Å². The van der Waals surface area contributed by atoms with Gasteiger partial charge in [-0.05, 0) is 33.3 Å². The molecule has 7 nitrogen and oxygen atoms in total. The van der Waals surface area contributed by atoms with E-state index in [1.54, 1.807) is 0 Å². The van der Waals surface area contributed by atoms with Crippen molar-refractivity contribution in [2.45, 2.75) is 84.0 Å². The molecule has 2 fully saturated rings. The molecular formula is C29H49N3O4+2. The Kier molecular flexibility index (Phi) is 10.8. The van der Waals surface area contributed by atoms with Crippen LogP contribution in [-0.2, 0) is 25.6 Å². The zero-order chi connectivity index (χ0) is 26.0. The van der Waals surface area contributed by atoms with Gasteiger partial charge in [0.1, 0.15) is 11.2 Å². The van der Waals surface area contributed by atoms with Gasteiger partial charge in [-0.3, -0.25) is 14.5 Å². The Morgan fingerprint density at radius 3 is 1.61 bits per heavy atom. The molecule has 7 heteroatoms. The van der Waals surface area contributed by atoms with E-state index in [1.165, 1.54) is 0 Å². The van der Waals surface area contributed by atoms with Crippen LogP contribution in [0.25, 0.3) is 0 Å². The molecule has 0 bridgehead atoms. The second kappa shape index (κ2) is 13.5. The van der Waals surface area contributed by atoms with Crippen LogP contribution >= 0.6 is 0 Å². The smallest absolute Gasteiger partial charge is 0.307 e. The summed E-state index contributed by atoms with van der Waals surface area (Å²) in [5.74, 6) is 0.495. The predicted octanol–water partition coefficient (Wildman–Crippen LogP) is 1.86. The maximum atomic E-state index is 12.8. The zero-order valence-corrected chi connectivity index (χ0v) is 23.0. The average Bonchev–Trinajstić information content (AvgIpc) is 2.87. The maximum absolute atomic E-state index is 12.8. The van der Waals surface area contributed by atoms with Crippen molar-refractivity contribution in [3.05, 3.63) is 35.9 Å². The van der Waals surface area contributed by atoms with Crippen LogP contribution in [0.3, 0.4) is 0 Å². The number of esters is 2. The first-order chi connectivity index (χ1) is 17.2. The van der Waals surface area contributed by atoms with Gasteiger partial charge in [0.15, 0.2) is 0 Å². The molecule has 0 aromatic heterocycles. The lowest BCUT2D eigenvalue weighted by atomic mass is 9.83. The molecule has 0 radical (unpaired) electrons. The van der Waals surface area contributed by atoms with Crippen LogP contribution in [0.1, 0.15) is 71.8 Å². The summed E-state index contributed by atoms with van der Waals surface area (Å²) in [6.45, 7) is 14.4. The third-order valence-electron chi connectivity index (χ3n) is 8.11. The second-order valence-electron chi connectivity index (χ2n) is 11.7. The molecule has 36 heavy (non-hydrogen) atoms. The second-order valence-corrected chi connectivity index (χ2v) is 11.7. The Labute approximate surface area is 217 Å². The summed E-state index contributed by atoms with van der Waals surface area (Å²) in [5, 5.41) is 4.66. The largest absolute Gasteiger partial charge is 0.459 e. The lowest BCUT2D eigenvalue weighted by molar-refractivity contribution is -0.666. The standard InChI is InChI=1S/C29H47N3O4/c1-28(2,24-10-16-30-17-11-24)35-26(33)14-20-32(22-23-8-6-5-7-9-23)21-15-27(34)36-29(3,4)25-12-18-31-19-13-25/h5-9,24-25,30-31H,10-22H2,1-4H3/p+2. The fraction of sp³-hybridized carbons (Fsp3) is 0.724. The van der Waals surface area contributed by atoms with Gasteiger partial charge in [0.05, 0.1) is 39.0 Å². The van der Waals surface area contributed by atoms with E-state index in [2.05, 4.69) is 27.7 Å². The third-order valence-corrected chi connectivity index (χ3v) is 8.11. The first-order valence-electron chi connectivity index (χ1n) is 14.0. The van der Waals surface area contributed by atoms with Gasteiger partial charge in [0, 0.05) is 57.2 Å². The molecule has 0 atom stereocenters. The molecule has 4 N–H and O–H groups in total. The number of benzene rings is 1. The van der Waals surface area contributed by atoms with E-state index < -0.39 is 11.2 Å². The first kappa shape index (κ1) is 28.6. The Bertz CT molecular complexity index is 767. The summed E-state index contributed by atoms with van der Waals surface area (Å²) in [7, 11) is 0. The van der Waals surface area contributed by atoms with Crippen molar-refractivity contribution in [2.75, 3.05) is 39.3 Å². The molecule has 2 heterocycles. The van der Waals surface area contributed by atoms with E-state index >= 15 is 0 Å². The van der Waals surface area contributed by atoms with Crippen LogP contribution < -0.4 is 10.6 Å². The lowest BCUT2D eigenvalue weighted by Crippen LogP contribution is -2.86. The molecule has 202 valence electrons. The number of nitrogens with two attached hydrogens (primary N) is 2. The van der Waals surface area contributed by atoms with Crippen LogP contribution in [0.2, 0.25) is 0 Å². The fourth-order valence-corrected chi connectivity index (χ4v) is 5.71. The van der Waals surface area contributed by atoms with E-state index in [0.29, 0.717) is 44.3 Å². The third kappa shape index (κ3) is 9.16. The highest BCUT2D eigenvalue weighted by Crippen LogP contribution is 2.29. The lowest BCUT2D eigenvalue weighted by Gasteiger charge is -2.36. The van der Waals surface area contributed by atoms with Crippen LogP contribution in [0.15, 0.2) is 30.3 Å². The minimum atomic E-state index is -0.443. The Hall–Kier alpha value is -1.96. The topological polar surface area (TPSA) is 89.1 Å². The molecule has 2 aliphatic rings. The van der Waals surface area contributed by atoms with E-state index in [-0.39, 0.29) is 11.9 Å². The molecule has 2 aliphatic heterocycles. The molecule has 0 amide bonds. The van der Waals surface area contributed by atoms with E-state index in [4.69, 9.17) is 9.47 Å². The zero-order valence-electron chi connectivity index (χ0n) is 23.0. The van der Waals surface area contributed by atoms with Gasteiger partial charge in [0.2, 0.25) is 0 Å². The molecule has 2 saturated heterocycles. The Morgan fingerprint density at radius 2 is 1.19 bits per heavy atom. The molecular weight excluding hydrogens is 454 g/mol. The van der Waals surface area contributed by atoms with Crippen molar-refractivity contribution in [1.29, 1.82) is 0 Å². The van der Waals surface area contributed by atoms with Crippen molar-refractivity contribution >= 4 is 11.9 Å². The van der Waals surface area contributed by atoms with Crippen LogP contribution in [0.5, 0.6) is 0 Å². The van der Waals surface area contributed by atoms with Crippen molar-refractivity contribution < 1.29 is 29.7 Å². The maximum Gasteiger partial charge on any atom is 0.307 e. The molecule has 0 aliphatic carbocycles. The number of carbonyl (C=O) groups is 2. The summed E-state index contributed by atoms with van der Waals surface area (Å²) in [6.07, 6.45) is 4.95. The van der Waals surface area contributed by atoms with E-state index in [0.717, 1.165) is 57.4 Å². The van der Waals surface area contributed by atoms with Gasteiger partial charge >= 0.3 is 11.9 Å². The summed E-state index contributed by atoms with van der Waals surface area (Å²) >= 11 is 0. The number of rotatable bonds is 12. The summed E-state index contributed by atoms with van der Waals surface area (Å²) in [5.41, 5.74) is 0.279. The SMILES string of the molecule is CC(C)(OC(=O)CCN(CCC(=O)OC(C)(C)C1CC[NH2+]CC1)Cc1ccccc1)C1CC[NH2+]CC1. The van der Waals surface area contributed by atoms with Crippen molar-refractivity contribution in [2.24, 2.45) is 11.8 Å². The molecule has 0 spiro atoms. The number of piperidine rings is 2. The van der Waals surface area contributed by atoms with E-state index in [1.807, 2.05) is 45.9 Å². The van der Waals surface area contributed by atoms with Crippen LogP contribution in [-0.4, -0.2) is 67.3 Å². The van der Waals surface area contributed by atoms with Crippen molar-refractivity contribution in [3.8, 4) is 0 Å². The molecule has 0 unspecified atom stereocenters. The number of quaternary nitrogens is 2. The Balaban J connectivity index is 1.52. The number of ether oxygens (including phenoxy) is 2. The molecule has 0 saturated carbocycles. The number of carbonyl (C=O) groups excluding carboxylic acids is 2.